The molecular weight excluding hydrogens is 304 g/mol. The van der Waals surface area contributed by atoms with E-state index < -0.39 is 0 Å². The monoisotopic (exact) mass is 332 g/mol. The molecule has 5 nitrogen and oxygen atoms in total. The van der Waals surface area contributed by atoms with Gasteiger partial charge in [-0.1, -0.05) is 25.0 Å². The van der Waals surface area contributed by atoms with Crippen molar-refractivity contribution in [2.24, 2.45) is 11.3 Å². The van der Waals surface area contributed by atoms with Gasteiger partial charge in [0.25, 0.3) is 0 Å². The van der Waals surface area contributed by atoms with Gasteiger partial charge in [-0.2, -0.15) is 0 Å². The number of nitrogens with one attached hydrogen (secondary N) is 2. The van der Waals surface area contributed by atoms with E-state index in [1.165, 1.54) is 12.8 Å². The Hall–Kier alpha value is -1.59. The maximum absolute atomic E-state index is 12.9. The van der Waals surface area contributed by atoms with Gasteiger partial charge in [-0.15, -0.1) is 0 Å². The molecule has 2 aliphatic rings. The average Bonchev–Trinajstić information content (AvgIpc) is 3.05. The molecule has 1 aromatic carbocycles. The van der Waals surface area contributed by atoms with E-state index in [4.69, 9.17) is 9.47 Å². The molecule has 1 amide bonds. The molecule has 1 aliphatic heterocycles. The summed E-state index contributed by atoms with van der Waals surface area (Å²) in [6.07, 6.45) is 4.59. The van der Waals surface area contributed by atoms with Crippen LogP contribution in [0.3, 0.4) is 0 Å². The summed E-state index contributed by atoms with van der Waals surface area (Å²) in [6, 6.07) is 7.89. The first-order valence-electron chi connectivity index (χ1n) is 8.94. The molecule has 0 aromatic heterocycles. The molecule has 1 saturated heterocycles. The average molecular weight is 332 g/mol. The number of hydrogen-bond donors (Lipinski definition) is 2. The van der Waals surface area contributed by atoms with Crippen LogP contribution in [0.2, 0.25) is 0 Å². The van der Waals surface area contributed by atoms with E-state index in [1.54, 1.807) is 7.11 Å². The van der Waals surface area contributed by atoms with Gasteiger partial charge in [-0.25, -0.2) is 0 Å². The lowest BCUT2D eigenvalue weighted by Gasteiger charge is -2.37. The molecule has 24 heavy (non-hydrogen) atoms. The molecule has 132 valence electrons. The maximum Gasteiger partial charge on any atom is 0.228 e. The van der Waals surface area contributed by atoms with Crippen LogP contribution in [0.15, 0.2) is 24.3 Å². The minimum absolute atomic E-state index is 0.190. The van der Waals surface area contributed by atoms with E-state index >= 15 is 0 Å². The number of fused-ring (bicyclic) bond motifs is 1. The van der Waals surface area contributed by atoms with Crippen molar-refractivity contribution in [3.63, 3.8) is 0 Å². The maximum atomic E-state index is 12.9. The molecule has 2 fully saturated rings. The Balaban J connectivity index is 1.57. The molecule has 3 rings (SSSR count). The second-order valence-electron chi connectivity index (χ2n) is 6.90. The highest BCUT2D eigenvalue weighted by molar-refractivity contribution is 5.83. The van der Waals surface area contributed by atoms with Crippen LogP contribution in [0, 0.1) is 11.3 Å². The first kappa shape index (κ1) is 17.2. The van der Waals surface area contributed by atoms with Crippen molar-refractivity contribution in [1.29, 1.82) is 0 Å². The molecule has 1 aliphatic carbocycles. The largest absolute Gasteiger partial charge is 0.491 e. The van der Waals surface area contributed by atoms with Gasteiger partial charge in [0.15, 0.2) is 0 Å². The van der Waals surface area contributed by atoms with E-state index in [1.807, 2.05) is 24.3 Å². The van der Waals surface area contributed by atoms with Crippen LogP contribution in [-0.2, 0) is 16.1 Å². The Morgan fingerprint density at radius 1 is 1.38 bits per heavy atom. The van der Waals surface area contributed by atoms with E-state index in [2.05, 4.69) is 10.6 Å². The SMILES string of the molecule is COCCOc1cccc(CNC(=O)[C@@]23CCCC[C@H]2CNC3)c1. The Kier molecular flexibility index (Phi) is 5.74. The van der Waals surface area contributed by atoms with Gasteiger partial charge < -0.3 is 20.1 Å². The summed E-state index contributed by atoms with van der Waals surface area (Å²) in [4.78, 5) is 12.9. The van der Waals surface area contributed by atoms with E-state index in [9.17, 15) is 4.79 Å². The Bertz CT molecular complexity index is 563. The van der Waals surface area contributed by atoms with Crippen molar-refractivity contribution in [3.05, 3.63) is 29.8 Å². The molecule has 1 saturated carbocycles. The summed E-state index contributed by atoms with van der Waals surface area (Å²) in [6.45, 7) is 3.45. The summed E-state index contributed by atoms with van der Waals surface area (Å²) in [5.74, 6) is 1.52. The Labute approximate surface area is 144 Å². The van der Waals surface area contributed by atoms with Crippen molar-refractivity contribution in [2.75, 3.05) is 33.4 Å². The number of ether oxygens (including phenoxy) is 2. The van der Waals surface area contributed by atoms with Gasteiger partial charge in [-0.3, -0.25) is 4.79 Å². The van der Waals surface area contributed by atoms with Crippen molar-refractivity contribution in [1.82, 2.24) is 10.6 Å². The third-order valence-electron chi connectivity index (χ3n) is 5.40. The second-order valence-corrected chi connectivity index (χ2v) is 6.90. The molecule has 0 radical (unpaired) electrons. The molecular formula is C19H28N2O3. The Morgan fingerprint density at radius 3 is 3.17 bits per heavy atom. The molecule has 2 N–H and O–H groups in total. The summed E-state index contributed by atoms with van der Waals surface area (Å²) >= 11 is 0. The smallest absolute Gasteiger partial charge is 0.228 e. The van der Waals surface area contributed by atoms with Gasteiger partial charge in [0.1, 0.15) is 12.4 Å². The topological polar surface area (TPSA) is 59.6 Å². The van der Waals surface area contributed by atoms with Gasteiger partial charge in [0.05, 0.1) is 12.0 Å². The van der Waals surface area contributed by atoms with Crippen LogP contribution in [0.25, 0.3) is 0 Å². The van der Waals surface area contributed by atoms with Gasteiger partial charge in [-0.05, 0) is 43.0 Å². The quantitative estimate of drug-likeness (QED) is 0.751. The van der Waals surface area contributed by atoms with Crippen molar-refractivity contribution in [3.8, 4) is 5.75 Å². The number of benzene rings is 1. The summed E-state index contributed by atoms with van der Waals surface area (Å²) in [7, 11) is 1.66. The number of amides is 1. The lowest BCUT2D eigenvalue weighted by Crippen LogP contribution is -2.47. The highest BCUT2D eigenvalue weighted by Crippen LogP contribution is 2.43. The van der Waals surface area contributed by atoms with Crippen molar-refractivity contribution in [2.45, 2.75) is 32.2 Å². The molecule has 1 heterocycles. The molecule has 0 spiro atoms. The van der Waals surface area contributed by atoms with Crippen LogP contribution >= 0.6 is 0 Å². The molecule has 5 heteroatoms. The minimum Gasteiger partial charge on any atom is -0.491 e. The normalized spacial score (nSPS) is 26.0. The number of carbonyl (C=O) groups excluding carboxylic acids is 1. The molecule has 1 aromatic rings. The number of methoxy groups -OCH3 is 1. The number of hydrogen-bond acceptors (Lipinski definition) is 4. The highest BCUT2D eigenvalue weighted by Gasteiger charge is 2.49. The van der Waals surface area contributed by atoms with Crippen LogP contribution in [0.5, 0.6) is 5.75 Å². The third-order valence-corrected chi connectivity index (χ3v) is 5.40. The predicted octanol–water partition coefficient (Wildman–Crippen LogP) is 2.11. The fraction of sp³-hybridized carbons (Fsp3) is 0.632. The zero-order chi connectivity index (χ0) is 16.8. The van der Waals surface area contributed by atoms with Gasteiger partial charge in [0.2, 0.25) is 5.91 Å². The van der Waals surface area contributed by atoms with Crippen LogP contribution < -0.4 is 15.4 Å². The summed E-state index contributed by atoms with van der Waals surface area (Å²) in [5.41, 5.74) is 0.873. The summed E-state index contributed by atoms with van der Waals surface area (Å²) in [5, 5.41) is 6.60. The third kappa shape index (κ3) is 3.73. The first-order valence-corrected chi connectivity index (χ1v) is 8.94. The molecule has 0 bridgehead atoms. The van der Waals surface area contributed by atoms with Crippen LogP contribution in [0.1, 0.15) is 31.2 Å². The standard InChI is InChI=1S/C19H28N2O3/c1-23-9-10-24-17-7-4-5-15(11-17)12-21-18(22)19-8-3-2-6-16(19)13-20-14-19/h4-5,7,11,16,20H,2-3,6,8-10,12-14H2,1H3,(H,21,22)/t16-,19+/m0/s1. The predicted molar refractivity (Wildman–Crippen MR) is 92.9 cm³/mol. The lowest BCUT2D eigenvalue weighted by atomic mass is 9.67. The molecule has 2 atom stereocenters. The second kappa shape index (κ2) is 7.99. The molecule has 0 unspecified atom stereocenters. The number of rotatable bonds is 7. The fourth-order valence-corrected chi connectivity index (χ4v) is 4.04. The highest BCUT2D eigenvalue weighted by atomic mass is 16.5. The first-order chi connectivity index (χ1) is 11.7. The number of carbonyl (C=O) groups is 1. The minimum atomic E-state index is -0.190. The van der Waals surface area contributed by atoms with Gasteiger partial charge >= 0.3 is 0 Å². The van der Waals surface area contributed by atoms with Crippen LogP contribution in [-0.4, -0.2) is 39.3 Å². The van der Waals surface area contributed by atoms with Gasteiger partial charge in [0, 0.05) is 20.2 Å². The van der Waals surface area contributed by atoms with E-state index in [0.717, 1.165) is 37.2 Å². The summed E-state index contributed by atoms with van der Waals surface area (Å²) < 4.78 is 10.6. The van der Waals surface area contributed by atoms with Crippen molar-refractivity contribution >= 4 is 5.91 Å². The Morgan fingerprint density at radius 2 is 2.29 bits per heavy atom. The zero-order valence-corrected chi connectivity index (χ0v) is 14.5. The lowest BCUT2D eigenvalue weighted by molar-refractivity contribution is -0.134. The van der Waals surface area contributed by atoms with Crippen LogP contribution in [0.4, 0.5) is 0 Å². The van der Waals surface area contributed by atoms with E-state index in [0.29, 0.717) is 25.7 Å². The fourth-order valence-electron chi connectivity index (χ4n) is 4.04. The zero-order valence-electron chi connectivity index (χ0n) is 14.5. The van der Waals surface area contributed by atoms with Crippen molar-refractivity contribution < 1.29 is 14.3 Å². The van der Waals surface area contributed by atoms with E-state index in [-0.39, 0.29) is 11.3 Å².